The number of amides is 2. The van der Waals surface area contributed by atoms with Crippen molar-refractivity contribution in [3.63, 3.8) is 0 Å². The predicted octanol–water partition coefficient (Wildman–Crippen LogP) is 2.72. The van der Waals surface area contributed by atoms with Crippen LogP contribution in [0.25, 0.3) is 0 Å². The molecular weight excluding hydrogens is 344 g/mol. The minimum atomic E-state index is 0.106. The summed E-state index contributed by atoms with van der Waals surface area (Å²) >= 11 is 0. The summed E-state index contributed by atoms with van der Waals surface area (Å²) in [4.78, 5) is 28.4. The molecule has 27 heavy (non-hydrogen) atoms. The van der Waals surface area contributed by atoms with Crippen LogP contribution in [0.4, 0.5) is 0 Å². The normalized spacial score (nSPS) is 20.7. The Bertz CT molecular complexity index is 638. The largest absolute Gasteiger partial charge is 0.490 e. The lowest BCUT2D eigenvalue weighted by atomic mass is 10.1. The zero-order valence-corrected chi connectivity index (χ0v) is 16.4. The van der Waals surface area contributed by atoms with Crippen molar-refractivity contribution in [3.8, 4) is 5.75 Å². The molecular formula is C21H30N2O4. The van der Waals surface area contributed by atoms with Crippen LogP contribution in [0.3, 0.4) is 0 Å². The molecule has 6 heteroatoms. The molecule has 0 aliphatic carbocycles. The number of piperidine rings is 1. The second-order valence-electron chi connectivity index (χ2n) is 7.45. The topological polar surface area (TPSA) is 59.1 Å². The van der Waals surface area contributed by atoms with Gasteiger partial charge in [-0.05, 0) is 44.0 Å². The number of hydrogen-bond acceptors (Lipinski definition) is 4. The fourth-order valence-electron chi connectivity index (χ4n) is 3.84. The highest BCUT2D eigenvalue weighted by atomic mass is 16.5. The minimum Gasteiger partial charge on any atom is -0.490 e. The van der Waals surface area contributed by atoms with Gasteiger partial charge in [0.25, 0.3) is 5.91 Å². The Morgan fingerprint density at radius 2 is 1.78 bits per heavy atom. The third-order valence-corrected chi connectivity index (χ3v) is 5.53. The van der Waals surface area contributed by atoms with E-state index in [0.29, 0.717) is 19.1 Å². The van der Waals surface area contributed by atoms with Gasteiger partial charge in [0.1, 0.15) is 11.9 Å². The monoisotopic (exact) mass is 374 g/mol. The summed E-state index contributed by atoms with van der Waals surface area (Å²) in [6.07, 6.45) is 4.36. The zero-order valence-electron chi connectivity index (χ0n) is 16.4. The fourth-order valence-corrected chi connectivity index (χ4v) is 3.84. The summed E-state index contributed by atoms with van der Waals surface area (Å²) in [7, 11) is 1.61. The van der Waals surface area contributed by atoms with Crippen LogP contribution in [0, 0.1) is 0 Å². The van der Waals surface area contributed by atoms with Gasteiger partial charge in [-0.1, -0.05) is 0 Å². The number of hydrogen-bond donors (Lipinski definition) is 0. The third kappa shape index (κ3) is 5.01. The van der Waals surface area contributed by atoms with Crippen molar-refractivity contribution in [2.24, 2.45) is 0 Å². The highest BCUT2D eigenvalue weighted by molar-refractivity contribution is 5.94. The summed E-state index contributed by atoms with van der Waals surface area (Å²) in [5.41, 5.74) is 0.717. The van der Waals surface area contributed by atoms with Gasteiger partial charge in [-0.2, -0.15) is 0 Å². The Morgan fingerprint density at radius 1 is 1.07 bits per heavy atom. The molecule has 0 aromatic heterocycles. The van der Waals surface area contributed by atoms with E-state index in [9.17, 15) is 9.59 Å². The average molecular weight is 374 g/mol. The van der Waals surface area contributed by atoms with Gasteiger partial charge in [-0.3, -0.25) is 9.59 Å². The number of ether oxygens (including phenoxy) is 2. The lowest BCUT2D eigenvalue weighted by Crippen LogP contribution is -2.42. The molecule has 2 heterocycles. The lowest BCUT2D eigenvalue weighted by molar-refractivity contribution is -0.133. The van der Waals surface area contributed by atoms with Crippen LogP contribution in [0.2, 0.25) is 0 Å². The second kappa shape index (κ2) is 9.22. The van der Waals surface area contributed by atoms with Crippen molar-refractivity contribution in [3.05, 3.63) is 29.8 Å². The fraction of sp³-hybridized carbons (Fsp3) is 0.619. The van der Waals surface area contributed by atoms with Crippen molar-refractivity contribution in [1.29, 1.82) is 0 Å². The summed E-state index contributed by atoms with van der Waals surface area (Å²) < 4.78 is 11.0. The molecule has 1 unspecified atom stereocenters. The van der Waals surface area contributed by atoms with E-state index in [2.05, 4.69) is 6.92 Å². The van der Waals surface area contributed by atoms with Crippen LogP contribution in [-0.4, -0.2) is 67.1 Å². The predicted molar refractivity (Wildman–Crippen MR) is 103 cm³/mol. The number of carbonyl (C=O) groups is 2. The average Bonchev–Trinajstić information content (AvgIpc) is 3.12. The van der Waals surface area contributed by atoms with E-state index in [1.54, 1.807) is 7.11 Å². The molecule has 1 aromatic carbocycles. The molecule has 6 nitrogen and oxygen atoms in total. The van der Waals surface area contributed by atoms with Gasteiger partial charge >= 0.3 is 0 Å². The van der Waals surface area contributed by atoms with Crippen LogP contribution in [0.1, 0.15) is 49.4 Å². The first-order chi connectivity index (χ1) is 13.1. The molecule has 1 aromatic rings. The smallest absolute Gasteiger partial charge is 0.254 e. The lowest BCUT2D eigenvalue weighted by Gasteiger charge is -2.32. The Balaban J connectivity index is 1.48. The maximum absolute atomic E-state index is 12.6. The number of rotatable bonds is 6. The van der Waals surface area contributed by atoms with Gasteiger partial charge < -0.3 is 19.3 Å². The van der Waals surface area contributed by atoms with Crippen molar-refractivity contribution in [2.75, 3.05) is 33.4 Å². The third-order valence-electron chi connectivity index (χ3n) is 5.53. The van der Waals surface area contributed by atoms with Crippen LogP contribution in [0.5, 0.6) is 5.75 Å². The number of carbonyl (C=O) groups excluding carboxylic acids is 2. The van der Waals surface area contributed by atoms with Crippen molar-refractivity contribution in [2.45, 2.75) is 51.2 Å². The Labute approximate surface area is 161 Å². The number of nitrogens with zero attached hydrogens (tertiary/aromatic N) is 2. The van der Waals surface area contributed by atoms with Gasteiger partial charge in [0.05, 0.1) is 13.0 Å². The van der Waals surface area contributed by atoms with E-state index in [1.165, 1.54) is 0 Å². The second-order valence-corrected chi connectivity index (χ2v) is 7.45. The number of likely N-dealkylation sites (tertiary alicyclic amines) is 2. The first-order valence-corrected chi connectivity index (χ1v) is 9.93. The van der Waals surface area contributed by atoms with E-state index >= 15 is 0 Å². The van der Waals surface area contributed by atoms with Gasteiger partial charge in [0.2, 0.25) is 5.91 Å². The van der Waals surface area contributed by atoms with Crippen LogP contribution in [0.15, 0.2) is 24.3 Å². The minimum absolute atomic E-state index is 0.106. The molecule has 2 saturated heterocycles. The molecule has 0 spiro atoms. The van der Waals surface area contributed by atoms with Crippen molar-refractivity contribution >= 4 is 11.8 Å². The van der Waals surface area contributed by atoms with E-state index in [4.69, 9.17) is 9.47 Å². The Morgan fingerprint density at radius 3 is 2.37 bits per heavy atom. The van der Waals surface area contributed by atoms with Crippen LogP contribution in [-0.2, 0) is 9.53 Å². The maximum Gasteiger partial charge on any atom is 0.254 e. The van der Waals surface area contributed by atoms with E-state index in [-0.39, 0.29) is 17.9 Å². The molecule has 148 valence electrons. The summed E-state index contributed by atoms with van der Waals surface area (Å²) in [6.45, 7) is 4.86. The Kier molecular flexibility index (Phi) is 6.72. The maximum atomic E-state index is 12.6. The quantitative estimate of drug-likeness (QED) is 0.768. The first-order valence-electron chi connectivity index (χ1n) is 9.93. The van der Waals surface area contributed by atoms with E-state index in [1.807, 2.05) is 34.1 Å². The standard InChI is InChI=1S/C21H30N2O4/c1-16-4-3-12-23(16)21(25)17-5-7-18(8-6-17)27-19-9-13-22(14-10-19)20(24)11-15-26-2/h5-8,16,19H,3-4,9-15H2,1-2H3. The van der Waals surface area contributed by atoms with Crippen molar-refractivity contribution < 1.29 is 19.1 Å². The SMILES string of the molecule is COCCC(=O)N1CCC(Oc2ccc(C(=O)N3CCCC3C)cc2)CC1. The molecule has 0 bridgehead atoms. The van der Waals surface area contributed by atoms with Crippen LogP contribution < -0.4 is 4.74 Å². The number of methoxy groups -OCH3 is 1. The van der Waals surface area contributed by atoms with Gasteiger partial charge in [-0.15, -0.1) is 0 Å². The first kappa shape index (κ1) is 19.7. The summed E-state index contributed by atoms with van der Waals surface area (Å²) in [5, 5.41) is 0. The molecule has 2 aliphatic heterocycles. The van der Waals surface area contributed by atoms with Gasteiger partial charge in [0.15, 0.2) is 0 Å². The van der Waals surface area contributed by atoms with Gasteiger partial charge in [-0.25, -0.2) is 0 Å². The van der Waals surface area contributed by atoms with E-state index in [0.717, 1.165) is 56.6 Å². The van der Waals surface area contributed by atoms with Crippen molar-refractivity contribution in [1.82, 2.24) is 9.80 Å². The summed E-state index contributed by atoms with van der Waals surface area (Å²) in [6, 6.07) is 7.79. The van der Waals surface area contributed by atoms with Crippen LogP contribution >= 0.6 is 0 Å². The highest BCUT2D eigenvalue weighted by Gasteiger charge is 2.26. The number of benzene rings is 1. The molecule has 3 rings (SSSR count). The molecule has 2 fully saturated rings. The highest BCUT2D eigenvalue weighted by Crippen LogP contribution is 2.23. The molecule has 2 aliphatic rings. The molecule has 2 amide bonds. The van der Waals surface area contributed by atoms with E-state index < -0.39 is 0 Å². The zero-order chi connectivity index (χ0) is 19.2. The molecule has 0 saturated carbocycles. The molecule has 1 atom stereocenters. The summed E-state index contributed by atoms with van der Waals surface area (Å²) in [5.74, 6) is 1.04. The molecule has 0 radical (unpaired) electrons. The Hall–Kier alpha value is -2.08. The van der Waals surface area contributed by atoms with Gasteiger partial charge in [0, 0.05) is 51.2 Å². The molecule has 0 N–H and O–H groups in total.